The van der Waals surface area contributed by atoms with E-state index in [2.05, 4.69) is 5.32 Å². The number of ether oxygens (including phenoxy) is 1. The molecule has 1 aliphatic heterocycles. The maximum Gasteiger partial charge on any atom is 0.307 e. The molecule has 1 amide bonds. The Morgan fingerprint density at radius 3 is 2.66 bits per heavy atom. The van der Waals surface area contributed by atoms with Crippen LogP contribution < -0.4 is 10.9 Å². The van der Waals surface area contributed by atoms with E-state index in [0.29, 0.717) is 23.0 Å². The van der Waals surface area contributed by atoms with Crippen molar-refractivity contribution in [2.24, 2.45) is 0 Å². The molecular weight excluding hydrogens is 406 g/mol. The average Bonchev–Trinajstić information content (AvgIpc) is 2.80. The third-order valence-corrected chi connectivity index (χ3v) is 5.93. The van der Waals surface area contributed by atoms with E-state index in [9.17, 15) is 14.4 Å². The summed E-state index contributed by atoms with van der Waals surface area (Å²) in [6.07, 6.45) is 5.02. The van der Waals surface area contributed by atoms with Crippen LogP contribution in [0, 0.1) is 0 Å². The number of rotatable bonds is 5. The Morgan fingerprint density at radius 2 is 1.88 bits per heavy atom. The lowest BCUT2D eigenvalue weighted by atomic mass is 10.0. The van der Waals surface area contributed by atoms with Crippen molar-refractivity contribution >= 4 is 22.8 Å². The zero-order valence-electron chi connectivity index (χ0n) is 18.2. The van der Waals surface area contributed by atoms with Crippen molar-refractivity contribution in [1.82, 2.24) is 14.9 Å². The average molecular weight is 434 g/mol. The van der Waals surface area contributed by atoms with Crippen molar-refractivity contribution in [3.8, 4) is 0 Å². The van der Waals surface area contributed by atoms with E-state index in [1.54, 1.807) is 22.8 Å². The Bertz CT molecular complexity index is 1190. The lowest BCUT2D eigenvalue weighted by molar-refractivity contribution is -0.141. The van der Waals surface area contributed by atoms with Crippen LogP contribution in [0.15, 0.2) is 53.3 Å². The Kier molecular flexibility index (Phi) is 6.63. The SMILES string of the molecule is COC(=O)CC(NC(=O)c1ccc2c(=O)n3c(nc2c1)CCCCCC3)c1ccccc1. The van der Waals surface area contributed by atoms with Gasteiger partial charge in [-0.2, -0.15) is 0 Å². The van der Waals surface area contributed by atoms with Crippen LogP contribution in [0.3, 0.4) is 0 Å². The quantitative estimate of drug-likeness (QED) is 0.622. The third-order valence-electron chi connectivity index (χ3n) is 5.93. The van der Waals surface area contributed by atoms with Gasteiger partial charge in [0.05, 0.1) is 30.5 Å². The monoisotopic (exact) mass is 433 g/mol. The van der Waals surface area contributed by atoms with Crippen LogP contribution in [0.2, 0.25) is 0 Å². The molecule has 166 valence electrons. The maximum atomic E-state index is 13.0. The van der Waals surface area contributed by atoms with E-state index in [1.807, 2.05) is 30.3 Å². The lowest BCUT2D eigenvalue weighted by Crippen LogP contribution is -2.31. The van der Waals surface area contributed by atoms with E-state index < -0.39 is 12.0 Å². The van der Waals surface area contributed by atoms with Gasteiger partial charge >= 0.3 is 5.97 Å². The van der Waals surface area contributed by atoms with Crippen molar-refractivity contribution in [3.05, 3.63) is 75.8 Å². The van der Waals surface area contributed by atoms with Gasteiger partial charge in [0.25, 0.3) is 11.5 Å². The summed E-state index contributed by atoms with van der Waals surface area (Å²) in [5.74, 6) is 0.0388. The van der Waals surface area contributed by atoms with Gasteiger partial charge in [0.1, 0.15) is 5.82 Å². The van der Waals surface area contributed by atoms with E-state index >= 15 is 0 Å². The fourth-order valence-corrected chi connectivity index (χ4v) is 4.17. The highest BCUT2D eigenvalue weighted by Crippen LogP contribution is 2.20. The van der Waals surface area contributed by atoms with Crippen molar-refractivity contribution in [2.45, 2.75) is 51.1 Å². The summed E-state index contributed by atoms with van der Waals surface area (Å²) in [7, 11) is 1.32. The summed E-state index contributed by atoms with van der Waals surface area (Å²) in [6, 6.07) is 13.7. The second-order valence-electron chi connectivity index (χ2n) is 8.10. The van der Waals surface area contributed by atoms with E-state index in [4.69, 9.17) is 9.72 Å². The second-order valence-corrected chi connectivity index (χ2v) is 8.10. The number of carbonyl (C=O) groups excluding carboxylic acids is 2. The molecule has 32 heavy (non-hydrogen) atoms. The molecule has 4 rings (SSSR count). The number of methoxy groups -OCH3 is 1. The number of benzene rings is 2. The number of amides is 1. The topological polar surface area (TPSA) is 90.3 Å². The molecular formula is C25H27N3O4. The van der Waals surface area contributed by atoms with Gasteiger partial charge < -0.3 is 10.1 Å². The highest BCUT2D eigenvalue weighted by molar-refractivity contribution is 5.98. The van der Waals surface area contributed by atoms with Gasteiger partial charge in [-0.25, -0.2) is 4.98 Å². The lowest BCUT2D eigenvalue weighted by Gasteiger charge is -2.19. The minimum Gasteiger partial charge on any atom is -0.469 e. The van der Waals surface area contributed by atoms with Gasteiger partial charge in [-0.3, -0.25) is 19.0 Å². The van der Waals surface area contributed by atoms with Gasteiger partial charge in [0.15, 0.2) is 0 Å². The molecule has 0 spiro atoms. The van der Waals surface area contributed by atoms with Gasteiger partial charge in [-0.15, -0.1) is 0 Å². The zero-order valence-corrected chi connectivity index (χ0v) is 18.2. The largest absolute Gasteiger partial charge is 0.469 e. The highest BCUT2D eigenvalue weighted by Gasteiger charge is 2.21. The van der Waals surface area contributed by atoms with Crippen LogP contribution in [0.5, 0.6) is 0 Å². The van der Waals surface area contributed by atoms with E-state index in [1.165, 1.54) is 7.11 Å². The number of aryl methyl sites for hydroxylation is 1. The van der Waals surface area contributed by atoms with Crippen LogP contribution in [0.25, 0.3) is 10.9 Å². The second kappa shape index (κ2) is 9.77. The molecule has 0 fully saturated rings. The normalized spacial score (nSPS) is 14.7. The summed E-state index contributed by atoms with van der Waals surface area (Å²) in [5, 5.41) is 3.44. The standard InChI is InChI=1S/C25H27N3O4/c1-32-23(29)16-20(17-9-5-4-6-10-17)27-24(30)18-12-13-19-21(15-18)26-22-11-7-2-3-8-14-28(22)25(19)31/h4-6,9-10,12-13,15,20H,2-3,7-8,11,14,16H2,1H3,(H,27,30). The highest BCUT2D eigenvalue weighted by atomic mass is 16.5. The summed E-state index contributed by atoms with van der Waals surface area (Å²) >= 11 is 0. The van der Waals surface area contributed by atoms with Crippen molar-refractivity contribution in [1.29, 1.82) is 0 Å². The van der Waals surface area contributed by atoms with Crippen LogP contribution in [0.1, 0.15) is 59.9 Å². The summed E-state index contributed by atoms with van der Waals surface area (Å²) in [6.45, 7) is 0.686. The smallest absolute Gasteiger partial charge is 0.307 e. The molecule has 1 unspecified atom stereocenters. The first kappa shape index (κ1) is 21.7. The van der Waals surface area contributed by atoms with Crippen LogP contribution in [-0.2, 0) is 22.5 Å². The summed E-state index contributed by atoms with van der Waals surface area (Å²) in [5.41, 5.74) is 1.68. The molecule has 1 aliphatic rings. The van der Waals surface area contributed by atoms with Crippen molar-refractivity contribution < 1.29 is 14.3 Å². The maximum absolute atomic E-state index is 13.0. The van der Waals surface area contributed by atoms with E-state index in [0.717, 1.165) is 43.5 Å². The molecule has 3 aromatic rings. The number of nitrogens with one attached hydrogen (secondary N) is 1. The van der Waals surface area contributed by atoms with Gasteiger partial charge in [-0.1, -0.05) is 43.2 Å². The van der Waals surface area contributed by atoms with Crippen molar-refractivity contribution in [2.75, 3.05) is 7.11 Å². The molecule has 1 N–H and O–H groups in total. The fourth-order valence-electron chi connectivity index (χ4n) is 4.17. The predicted molar refractivity (Wildman–Crippen MR) is 121 cm³/mol. The molecule has 1 aromatic heterocycles. The molecule has 2 aromatic carbocycles. The Labute approximate surface area is 186 Å². The Morgan fingerprint density at radius 1 is 1.09 bits per heavy atom. The Balaban J connectivity index is 1.64. The number of carbonyl (C=O) groups is 2. The number of aromatic nitrogens is 2. The first-order chi connectivity index (χ1) is 15.6. The van der Waals surface area contributed by atoms with E-state index in [-0.39, 0.29) is 17.9 Å². The first-order valence-corrected chi connectivity index (χ1v) is 11.0. The summed E-state index contributed by atoms with van der Waals surface area (Å²) in [4.78, 5) is 42.7. The number of fused-ring (bicyclic) bond motifs is 2. The van der Waals surface area contributed by atoms with Crippen LogP contribution >= 0.6 is 0 Å². The van der Waals surface area contributed by atoms with Gasteiger partial charge in [-0.05, 0) is 36.6 Å². The number of hydrogen-bond acceptors (Lipinski definition) is 5. The van der Waals surface area contributed by atoms with Crippen LogP contribution in [-0.4, -0.2) is 28.5 Å². The fraction of sp³-hybridized carbons (Fsp3) is 0.360. The first-order valence-electron chi connectivity index (χ1n) is 11.0. The molecule has 0 radical (unpaired) electrons. The third kappa shape index (κ3) is 4.72. The molecule has 0 saturated carbocycles. The Hall–Kier alpha value is -3.48. The van der Waals surface area contributed by atoms with Crippen LogP contribution in [0.4, 0.5) is 0 Å². The predicted octanol–water partition coefficient (Wildman–Crippen LogP) is 3.55. The minimum absolute atomic E-state index is 0.0208. The molecule has 0 aliphatic carbocycles. The van der Waals surface area contributed by atoms with Crippen molar-refractivity contribution in [3.63, 3.8) is 0 Å². The zero-order chi connectivity index (χ0) is 22.5. The molecule has 1 atom stereocenters. The van der Waals surface area contributed by atoms with Gasteiger partial charge in [0.2, 0.25) is 0 Å². The van der Waals surface area contributed by atoms with Gasteiger partial charge in [0, 0.05) is 18.5 Å². The number of hydrogen-bond donors (Lipinski definition) is 1. The molecule has 2 heterocycles. The molecule has 0 saturated heterocycles. The number of esters is 1. The molecule has 7 heteroatoms. The number of nitrogens with zero attached hydrogens (tertiary/aromatic N) is 2. The molecule has 0 bridgehead atoms. The molecule has 7 nitrogen and oxygen atoms in total. The minimum atomic E-state index is -0.527. The summed E-state index contributed by atoms with van der Waals surface area (Å²) < 4.78 is 6.58.